The van der Waals surface area contributed by atoms with Crippen LogP contribution in [0.15, 0.2) is 166 Å². The first-order valence-electron chi connectivity index (χ1n) is 16.2. The summed E-state index contributed by atoms with van der Waals surface area (Å²) in [7, 11) is -3.81. The lowest BCUT2D eigenvalue weighted by Gasteiger charge is -2.12. The van der Waals surface area contributed by atoms with Crippen molar-refractivity contribution in [1.29, 1.82) is 5.26 Å². The van der Waals surface area contributed by atoms with Gasteiger partial charge in [0.05, 0.1) is 48.9 Å². The number of para-hydroxylation sites is 3. The van der Waals surface area contributed by atoms with Crippen molar-refractivity contribution in [2.45, 2.75) is 9.79 Å². The molecule has 0 fully saturated rings. The molecule has 0 saturated carbocycles. The van der Waals surface area contributed by atoms with Gasteiger partial charge in [0.2, 0.25) is 9.84 Å². The maximum atomic E-state index is 13.6. The Morgan fingerprint density at radius 2 is 1.12 bits per heavy atom. The highest BCUT2D eigenvalue weighted by Crippen LogP contribution is 2.44. The molecule has 236 valence electrons. The molecule has 0 bridgehead atoms. The van der Waals surface area contributed by atoms with Gasteiger partial charge >= 0.3 is 0 Å². The molecule has 0 unspecified atom stereocenters. The fraction of sp³-hybridized carbons (Fsp3) is 0. The molecule has 3 aromatic heterocycles. The predicted octanol–water partition coefficient (Wildman–Crippen LogP) is 10.5. The summed E-state index contributed by atoms with van der Waals surface area (Å²) in [6, 6.07) is 50.8. The molecule has 3 heterocycles. The molecule has 0 radical (unpaired) electrons. The van der Waals surface area contributed by atoms with E-state index in [0.29, 0.717) is 5.56 Å². The minimum Gasteiger partial charge on any atom is -0.456 e. The lowest BCUT2D eigenvalue weighted by atomic mass is 10.1. The first-order chi connectivity index (χ1) is 24.5. The summed E-state index contributed by atoms with van der Waals surface area (Å²) in [6.45, 7) is 0. The minimum atomic E-state index is -3.81. The number of benzene rings is 7. The smallest absolute Gasteiger partial charge is 0.206 e. The summed E-state index contributed by atoms with van der Waals surface area (Å²) in [4.78, 5) is 0.320. The van der Waals surface area contributed by atoms with Crippen molar-refractivity contribution in [3.63, 3.8) is 0 Å². The molecule has 0 saturated heterocycles. The summed E-state index contributed by atoms with van der Waals surface area (Å²) in [6.07, 6.45) is 0. The second kappa shape index (κ2) is 10.4. The lowest BCUT2D eigenvalue weighted by molar-refractivity contribution is 0.596. The third-order valence-electron chi connectivity index (χ3n) is 9.77. The van der Waals surface area contributed by atoms with Gasteiger partial charge in [-0.3, -0.25) is 0 Å². The van der Waals surface area contributed by atoms with Crippen LogP contribution in [0.5, 0.6) is 0 Å². The van der Waals surface area contributed by atoms with E-state index in [1.807, 2.05) is 48.5 Å². The summed E-state index contributed by atoms with van der Waals surface area (Å²) in [5.41, 5.74) is 8.07. The van der Waals surface area contributed by atoms with Crippen LogP contribution in [0.25, 0.3) is 76.9 Å². The molecule has 0 N–H and O–H groups in total. The number of hydrogen-bond acceptors (Lipinski definition) is 4. The van der Waals surface area contributed by atoms with Crippen LogP contribution in [0.1, 0.15) is 5.56 Å². The second-order valence-corrected chi connectivity index (χ2v) is 14.4. The molecular weight excluding hydrogens is 639 g/mol. The molecule has 0 aliphatic carbocycles. The number of nitrogens with zero attached hydrogens (tertiary/aromatic N) is 3. The van der Waals surface area contributed by atoms with Crippen molar-refractivity contribution in [2.24, 2.45) is 0 Å². The van der Waals surface area contributed by atoms with Gasteiger partial charge in [-0.15, -0.1) is 0 Å². The Balaban J connectivity index is 1.30. The van der Waals surface area contributed by atoms with Gasteiger partial charge in [-0.05, 0) is 97.1 Å². The van der Waals surface area contributed by atoms with Gasteiger partial charge < -0.3 is 13.6 Å². The molecule has 6 nitrogen and oxygen atoms in total. The van der Waals surface area contributed by atoms with Gasteiger partial charge in [-0.2, -0.15) is 5.26 Å². The van der Waals surface area contributed by atoms with E-state index in [-0.39, 0.29) is 9.79 Å². The van der Waals surface area contributed by atoms with Gasteiger partial charge in [0, 0.05) is 38.3 Å². The summed E-state index contributed by atoms with van der Waals surface area (Å²) < 4.78 is 38.2. The Labute approximate surface area is 286 Å². The van der Waals surface area contributed by atoms with Gasteiger partial charge in [0.15, 0.2) is 0 Å². The SMILES string of the molecule is N#Cc1ccc(S(=O)(=O)c2ccc(-n3c4cc5c(cc4c4ccc6oc7ccccc7c6c43)c3ccccc3n5-c3ccccc3)cc2)cc1. The number of sulfone groups is 1. The number of rotatable bonds is 4. The van der Waals surface area contributed by atoms with E-state index in [9.17, 15) is 13.7 Å². The van der Waals surface area contributed by atoms with Crippen LogP contribution in [-0.2, 0) is 9.84 Å². The molecule has 7 heteroatoms. The largest absolute Gasteiger partial charge is 0.456 e. The van der Waals surface area contributed by atoms with Crippen LogP contribution in [-0.4, -0.2) is 17.6 Å². The average molecular weight is 664 g/mol. The topological polar surface area (TPSA) is 80.9 Å². The van der Waals surface area contributed by atoms with E-state index in [2.05, 4.69) is 81.9 Å². The second-order valence-electron chi connectivity index (χ2n) is 12.5. The van der Waals surface area contributed by atoms with Crippen LogP contribution in [0, 0.1) is 11.3 Å². The van der Waals surface area contributed by atoms with E-state index in [1.54, 1.807) is 12.1 Å². The van der Waals surface area contributed by atoms with Crippen molar-refractivity contribution in [2.75, 3.05) is 0 Å². The normalized spacial score (nSPS) is 12.1. The summed E-state index contributed by atoms with van der Waals surface area (Å²) in [5.74, 6) is 0. The Bertz CT molecular complexity index is 3150. The van der Waals surface area contributed by atoms with Crippen LogP contribution in [0.2, 0.25) is 0 Å². The standard InChI is InChI=1S/C43H25N3O3S/c44-26-27-14-18-30(19-15-27)50(47,48)31-20-16-29(17-21-31)46-39-25-38-35(32-10-4-6-12-37(32)45(38)28-8-2-1-3-9-28)24-36(39)33-22-23-41-42(43(33)46)34-11-5-7-13-40(34)49-41/h1-25H. The Morgan fingerprint density at radius 1 is 0.500 bits per heavy atom. The number of fused-ring (bicyclic) bond motifs is 10. The van der Waals surface area contributed by atoms with Crippen molar-refractivity contribution in [3.05, 3.63) is 157 Å². The van der Waals surface area contributed by atoms with Crippen molar-refractivity contribution < 1.29 is 12.8 Å². The molecule has 0 spiro atoms. The third kappa shape index (κ3) is 3.97. The third-order valence-corrected chi connectivity index (χ3v) is 11.6. The average Bonchev–Trinajstić information content (AvgIpc) is 3.81. The number of furan rings is 1. The van der Waals surface area contributed by atoms with Crippen LogP contribution in [0.4, 0.5) is 0 Å². The van der Waals surface area contributed by atoms with Crippen LogP contribution >= 0.6 is 0 Å². The first kappa shape index (κ1) is 28.4. The van der Waals surface area contributed by atoms with E-state index >= 15 is 0 Å². The van der Waals surface area contributed by atoms with Crippen LogP contribution in [0.3, 0.4) is 0 Å². The van der Waals surface area contributed by atoms with Gasteiger partial charge in [-0.25, -0.2) is 8.42 Å². The first-order valence-corrected chi connectivity index (χ1v) is 17.7. The monoisotopic (exact) mass is 663 g/mol. The van der Waals surface area contributed by atoms with Crippen molar-refractivity contribution >= 4 is 75.4 Å². The zero-order chi connectivity index (χ0) is 33.6. The Kier molecular flexibility index (Phi) is 5.93. The zero-order valence-electron chi connectivity index (χ0n) is 26.4. The molecule has 0 aliphatic heterocycles. The van der Waals surface area contributed by atoms with Crippen molar-refractivity contribution in [3.8, 4) is 17.4 Å². The lowest BCUT2D eigenvalue weighted by Crippen LogP contribution is -2.03. The van der Waals surface area contributed by atoms with E-state index in [1.165, 1.54) is 29.7 Å². The molecule has 50 heavy (non-hydrogen) atoms. The highest BCUT2D eigenvalue weighted by Gasteiger charge is 2.23. The minimum absolute atomic E-state index is 0.142. The molecule has 0 atom stereocenters. The fourth-order valence-electron chi connectivity index (χ4n) is 7.52. The summed E-state index contributed by atoms with van der Waals surface area (Å²) in [5, 5.41) is 15.7. The molecular formula is C43H25N3O3S. The number of hydrogen-bond donors (Lipinski definition) is 0. The van der Waals surface area contributed by atoms with Gasteiger partial charge in [0.1, 0.15) is 11.2 Å². The highest BCUT2D eigenvalue weighted by atomic mass is 32.2. The molecule has 0 aliphatic rings. The van der Waals surface area contributed by atoms with Crippen molar-refractivity contribution in [1.82, 2.24) is 9.13 Å². The number of aromatic nitrogens is 2. The summed E-state index contributed by atoms with van der Waals surface area (Å²) >= 11 is 0. The maximum absolute atomic E-state index is 13.6. The maximum Gasteiger partial charge on any atom is 0.206 e. The molecule has 10 aromatic rings. The quantitative estimate of drug-likeness (QED) is 0.188. The van der Waals surface area contributed by atoms with E-state index < -0.39 is 9.84 Å². The molecule has 7 aromatic carbocycles. The zero-order valence-corrected chi connectivity index (χ0v) is 27.2. The predicted molar refractivity (Wildman–Crippen MR) is 199 cm³/mol. The fourth-order valence-corrected chi connectivity index (χ4v) is 8.78. The van der Waals surface area contributed by atoms with E-state index in [0.717, 1.165) is 71.5 Å². The Morgan fingerprint density at radius 3 is 1.88 bits per heavy atom. The van der Waals surface area contributed by atoms with Gasteiger partial charge in [0.25, 0.3) is 0 Å². The highest BCUT2D eigenvalue weighted by molar-refractivity contribution is 7.91. The molecule has 0 amide bonds. The van der Waals surface area contributed by atoms with E-state index in [4.69, 9.17) is 4.42 Å². The van der Waals surface area contributed by atoms with Crippen LogP contribution < -0.4 is 0 Å². The Hall–Kier alpha value is -6.62. The number of nitriles is 1. The molecule has 10 rings (SSSR count). The van der Waals surface area contributed by atoms with Gasteiger partial charge in [-0.1, -0.05) is 54.6 Å².